The van der Waals surface area contributed by atoms with E-state index >= 15 is 0 Å². The van der Waals surface area contributed by atoms with Gasteiger partial charge in [-0.1, -0.05) is 49.4 Å². The molecule has 12 nitrogen and oxygen atoms in total. The summed E-state index contributed by atoms with van der Waals surface area (Å²) < 4.78 is 33.1. The molecule has 1 amide bonds. The van der Waals surface area contributed by atoms with Gasteiger partial charge in [0.25, 0.3) is 10.0 Å². The first-order valence-corrected chi connectivity index (χ1v) is 15.9. The summed E-state index contributed by atoms with van der Waals surface area (Å²) in [7, 11) is -4.22. The maximum atomic E-state index is 14.2. The number of imidazole rings is 1. The van der Waals surface area contributed by atoms with Crippen LogP contribution in [0.4, 0.5) is 0 Å². The lowest BCUT2D eigenvalue weighted by Gasteiger charge is -2.46. The molecule has 1 aromatic heterocycles. The highest BCUT2D eigenvalue weighted by Gasteiger charge is 2.60. The number of amides is 1. The second kappa shape index (κ2) is 11.3. The fraction of sp³-hybridized carbons (Fsp3) is 0.355. The number of hydrazone groups is 1. The number of hydrogen-bond donors (Lipinski definition) is 3. The van der Waals surface area contributed by atoms with E-state index in [1.165, 1.54) is 11.8 Å². The van der Waals surface area contributed by atoms with Crippen LogP contribution in [-0.2, 0) is 39.1 Å². The van der Waals surface area contributed by atoms with Crippen LogP contribution >= 0.6 is 0 Å². The van der Waals surface area contributed by atoms with Crippen LogP contribution in [0.1, 0.15) is 30.5 Å². The van der Waals surface area contributed by atoms with E-state index in [4.69, 9.17) is 0 Å². The van der Waals surface area contributed by atoms with Crippen molar-refractivity contribution in [2.45, 2.75) is 50.4 Å². The summed E-state index contributed by atoms with van der Waals surface area (Å²) in [6.07, 6.45) is 5.19. The van der Waals surface area contributed by atoms with Gasteiger partial charge in [-0.2, -0.15) is 17.9 Å². The zero-order valence-corrected chi connectivity index (χ0v) is 25.1. The third-order valence-electron chi connectivity index (χ3n) is 8.70. The number of nitrogens with zero attached hydrogens (tertiary/aromatic N) is 5. The lowest BCUT2D eigenvalue weighted by molar-refractivity contribution is -0.697. The molecule has 0 bridgehead atoms. The van der Waals surface area contributed by atoms with Crippen molar-refractivity contribution in [3.05, 3.63) is 95.2 Å². The average Bonchev–Trinajstić information content (AvgIpc) is 3.54. The van der Waals surface area contributed by atoms with Crippen LogP contribution in [0.5, 0.6) is 0 Å². The monoisotopic (exact) mass is 620 g/mol. The summed E-state index contributed by atoms with van der Waals surface area (Å²) in [4.78, 5) is 26.5. The van der Waals surface area contributed by atoms with Crippen LogP contribution in [0.15, 0.2) is 88.5 Å². The van der Waals surface area contributed by atoms with Crippen LogP contribution in [0, 0.1) is 11.8 Å². The number of aliphatic hydroxyl groups is 2. The molecule has 0 unspecified atom stereocenters. The molecule has 6 rings (SSSR count). The SMILES string of the molecule is C[C@@H](O)[C@H]1C(=O)N2C(C(=O)O)=C(CN3N=C(c4ccccc4)c4ccc(CCn5cc[n+](CCO)c5)cc4S3(=O)=O)[C@H](C)[C@H]12. The minimum Gasteiger partial charge on any atom is -0.477 e. The zero-order chi connectivity index (χ0) is 31.3. The van der Waals surface area contributed by atoms with Crippen LogP contribution < -0.4 is 4.57 Å². The van der Waals surface area contributed by atoms with Gasteiger partial charge in [-0.05, 0) is 24.1 Å². The van der Waals surface area contributed by atoms with Gasteiger partial charge in [0.1, 0.15) is 30.3 Å². The van der Waals surface area contributed by atoms with E-state index in [0.717, 1.165) is 9.98 Å². The molecular weight excluding hydrogens is 586 g/mol. The fourth-order valence-electron chi connectivity index (χ4n) is 6.47. The number of aliphatic hydroxyl groups excluding tert-OH is 2. The standard InChI is InChI=1S/C31H33N5O7S/c1-19-24(29(31(40)41)36-28(19)26(20(2)38)30(36)39)17-35-32-27(22-6-4-3-5-7-22)23-9-8-21(16-25(23)44(35,42)43)10-11-33-12-13-34(18-33)14-15-37/h3-9,12-13,16,18-20,26,28,37-38H,10-11,14-15,17H2,1-2H3/p+1/t19-,20+,26+,28+/m0/s1. The summed E-state index contributed by atoms with van der Waals surface area (Å²) >= 11 is 0. The smallest absolute Gasteiger partial charge is 0.352 e. The maximum absolute atomic E-state index is 14.2. The van der Waals surface area contributed by atoms with E-state index in [-0.39, 0.29) is 29.3 Å². The van der Waals surface area contributed by atoms with Gasteiger partial charge >= 0.3 is 5.97 Å². The number of hydrogen-bond acceptors (Lipinski definition) is 7. The van der Waals surface area contributed by atoms with Crippen molar-refractivity contribution in [2.24, 2.45) is 16.9 Å². The predicted molar refractivity (Wildman–Crippen MR) is 157 cm³/mol. The highest BCUT2D eigenvalue weighted by atomic mass is 32.2. The van der Waals surface area contributed by atoms with Gasteiger partial charge in [0.15, 0.2) is 0 Å². The molecule has 4 atom stereocenters. The molecule has 230 valence electrons. The van der Waals surface area contributed by atoms with Gasteiger partial charge in [-0.15, -0.1) is 0 Å². The number of carboxylic acid groups (broad SMARTS) is 1. The van der Waals surface area contributed by atoms with Crippen molar-refractivity contribution in [1.29, 1.82) is 0 Å². The number of benzene rings is 2. The molecule has 1 fully saturated rings. The summed E-state index contributed by atoms with van der Waals surface area (Å²) in [6.45, 7) is 3.98. The Hall–Kier alpha value is -4.33. The molecule has 3 N–H and O–H groups in total. The van der Waals surface area contributed by atoms with Crippen molar-refractivity contribution in [3.63, 3.8) is 0 Å². The Balaban J connectivity index is 1.38. The van der Waals surface area contributed by atoms with Gasteiger partial charge in [0, 0.05) is 23.5 Å². The maximum Gasteiger partial charge on any atom is 0.352 e. The van der Waals surface area contributed by atoms with Crippen LogP contribution in [0.25, 0.3) is 0 Å². The zero-order valence-electron chi connectivity index (χ0n) is 24.3. The van der Waals surface area contributed by atoms with Crippen LogP contribution in [-0.4, -0.2) is 80.5 Å². The number of carboxylic acids is 1. The van der Waals surface area contributed by atoms with E-state index < -0.39 is 45.9 Å². The Labute approximate surface area is 254 Å². The normalized spacial score (nSPS) is 22.8. The quantitative estimate of drug-likeness (QED) is 0.225. The number of aliphatic carboxylic acids is 1. The van der Waals surface area contributed by atoms with Gasteiger partial charge in [0.2, 0.25) is 12.2 Å². The molecule has 0 saturated carbocycles. The van der Waals surface area contributed by atoms with Crippen molar-refractivity contribution in [3.8, 4) is 0 Å². The summed E-state index contributed by atoms with van der Waals surface area (Å²) in [5.41, 5.74) is 2.38. The molecule has 2 aromatic carbocycles. The van der Waals surface area contributed by atoms with Crippen molar-refractivity contribution in [2.75, 3.05) is 13.2 Å². The van der Waals surface area contributed by atoms with E-state index in [1.54, 1.807) is 19.1 Å². The topological polar surface area (TPSA) is 157 Å². The Bertz CT molecular complexity index is 1800. The third kappa shape index (κ3) is 4.90. The predicted octanol–water partition coefficient (Wildman–Crippen LogP) is 0.964. The lowest BCUT2D eigenvalue weighted by atomic mass is 9.78. The Morgan fingerprint density at radius 2 is 1.91 bits per heavy atom. The average molecular weight is 621 g/mol. The highest BCUT2D eigenvalue weighted by Crippen LogP contribution is 2.47. The molecule has 4 heterocycles. The van der Waals surface area contributed by atoms with Gasteiger partial charge < -0.3 is 20.2 Å². The number of carbonyl (C=O) groups is 2. The first-order chi connectivity index (χ1) is 21.0. The molecule has 0 radical (unpaired) electrons. The Morgan fingerprint density at radius 1 is 1.16 bits per heavy atom. The minimum atomic E-state index is -4.22. The van der Waals surface area contributed by atoms with E-state index in [9.17, 15) is 33.3 Å². The van der Waals surface area contributed by atoms with Gasteiger partial charge in [-0.25, -0.2) is 13.9 Å². The molecule has 0 spiro atoms. The molecule has 3 aromatic rings. The van der Waals surface area contributed by atoms with Crippen LogP contribution in [0.3, 0.4) is 0 Å². The fourth-order valence-corrected chi connectivity index (χ4v) is 7.94. The van der Waals surface area contributed by atoms with Gasteiger partial charge in [-0.3, -0.25) is 4.79 Å². The summed E-state index contributed by atoms with van der Waals surface area (Å²) in [6, 6.07) is 13.9. The second-order valence-corrected chi connectivity index (χ2v) is 13.2. The van der Waals surface area contributed by atoms with E-state index in [2.05, 4.69) is 5.10 Å². The van der Waals surface area contributed by atoms with Crippen molar-refractivity contribution in [1.82, 2.24) is 13.9 Å². The van der Waals surface area contributed by atoms with Crippen molar-refractivity contribution >= 4 is 27.6 Å². The molecule has 3 aliphatic rings. The highest BCUT2D eigenvalue weighted by molar-refractivity contribution is 7.89. The third-order valence-corrected chi connectivity index (χ3v) is 10.4. The number of aromatic nitrogens is 2. The number of aryl methyl sites for hydroxylation is 2. The minimum absolute atomic E-state index is 0.0267. The Morgan fingerprint density at radius 3 is 2.59 bits per heavy atom. The van der Waals surface area contributed by atoms with Crippen LogP contribution in [0.2, 0.25) is 0 Å². The Kier molecular flexibility index (Phi) is 7.64. The number of carbonyl (C=O) groups excluding carboxylic acids is 1. The van der Waals surface area contributed by atoms with Crippen molar-refractivity contribution < 1.29 is 37.9 Å². The number of fused-ring (bicyclic) bond motifs is 2. The molecule has 13 heteroatoms. The molecular formula is C31H34N5O7S+. The molecule has 1 saturated heterocycles. The van der Waals surface area contributed by atoms with E-state index in [1.807, 2.05) is 64.3 Å². The molecule has 3 aliphatic heterocycles. The first kappa shape index (κ1) is 29.7. The number of sulfonamides is 1. The summed E-state index contributed by atoms with van der Waals surface area (Å²) in [5.74, 6) is -3.09. The lowest BCUT2D eigenvalue weighted by Crippen LogP contribution is -2.63. The summed E-state index contributed by atoms with van der Waals surface area (Å²) in [5, 5.41) is 34.1. The second-order valence-electron chi connectivity index (χ2n) is 11.4. The molecule has 0 aliphatic carbocycles. The number of rotatable bonds is 10. The van der Waals surface area contributed by atoms with E-state index in [0.29, 0.717) is 36.3 Å². The van der Waals surface area contributed by atoms with Gasteiger partial charge in [0.05, 0.1) is 42.7 Å². The largest absolute Gasteiger partial charge is 0.477 e. The number of β-lactam (4-membered cyclic amide) rings is 1. The molecule has 44 heavy (non-hydrogen) atoms. The first-order valence-electron chi connectivity index (χ1n) is 14.5.